The van der Waals surface area contributed by atoms with Gasteiger partial charge in [-0.05, 0) is 54.8 Å². The summed E-state index contributed by atoms with van der Waals surface area (Å²) >= 11 is 1.59. The molecule has 1 unspecified atom stereocenters. The van der Waals surface area contributed by atoms with E-state index in [9.17, 15) is 9.59 Å². The molecular weight excluding hydrogens is 338 g/mol. The number of para-hydroxylation sites is 1. The highest BCUT2D eigenvalue weighted by Gasteiger charge is 2.19. The SMILES string of the molecule is CSCCC(NC(N)=O)C(=O)Nc1ccc(Oc2ccccc2)cc1. The highest BCUT2D eigenvalue weighted by molar-refractivity contribution is 7.98. The third kappa shape index (κ3) is 6.39. The first-order valence-corrected chi connectivity index (χ1v) is 9.16. The Bertz CT molecular complexity index is 692. The fraction of sp³-hybridized carbons (Fsp3) is 0.222. The molecule has 2 aromatic carbocycles. The molecule has 132 valence electrons. The molecule has 0 aliphatic rings. The molecule has 2 rings (SSSR count). The average Bonchev–Trinajstić information content (AvgIpc) is 2.61. The highest BCUT2D eigenvalue weighted by atomic mass is 32.2. The van der Waals surface area contributed by atoms with Crippen LogP contribution >= 0.6 is 11.8 Å². The number of thioether (sulfide) groups is 1. The van der Waals surface area contributed by atoms with E-state index >= 15 is 0 Å². The average molecular weight is 359 g/mol. The lowest BCUT2D eigenvalue weighted by Gasteiger charge is -2.17. The van der Waals surface area contributed by atoms with Gasteiger partial charge in [-0.25, -0.2) is 4.79 Å². The van der Waals surface area contributed by atoms with Gasteiger partial charge in [-0.1, -0.05) is 18.2 Å². The number of nitrogens with one attached hydrogen (secondary N) is 2. The van der Waals surface area contributed by atoms with Gasteiger partial charge in [0.2, 0.25) is 5.91 Å². The molecule has 3 amide bonds. The summed E-state index contributed by atoms with van der Waals surface area (Å²) < 4.78 is 5.70. The van der Waals surface area contributed by atoms with Crippen molar-refractivity contribution in [3.05, 3.63) is 54.6 Å². The third-order valence-corrected chi connectivity index (χ3v) is 3.99. The van der Waals surface area contributed by atoms with E-state index in [0.29, 0.717) is 17.9 Å². The van der Waals surface area contributed by atoms with E-state index in [1.54, 1.807) is 36.0 Å². The Balaban J connectivity index is 1.96. The van der Waals surface area contributed by atoms with Crippen molar-refractivity contribution in [1.82, 2.24) is 5.32 Å². The normalized spacial score (nSPS) is 11.4. The van der Waals surface area contributed by atoms with Gasteiger partial charge in [-0.3, -0.25) is 4.79 Å². The van der Waals surface area contributed by atoms with Crippen LogP contribution in [-0.4, -0.2) is 30.0 Å². The first kappa shape index (κ1) is 18.7. The van der Waals surface area contributed by atoms with Crippen LogP contribution in [0.2, 0.25) is 0 Å². The standard InChI is InChI=1S/C18H21N3O3S/c1-25-12-11-16(21-18(19)23)17(22)20-13-7-9-15(10-8-13)24-14-5-3-2-4-6-14/h2-10,16H,11-12H2,1H3,(H,20,22)(H3,19,21,23). The van der Waals surface area contributed by atoms with Gasteiger partial charge in [-0.2, -0.15) is 11.8 Å². The third-order valence-electron chi connectivity index (χ3n) is 3.34. The molecule has 2 aromatic rings. The monoisotopic (exact) mass is 359 g/mol. The summed E-state index contributed by atoms with van der Waals surface area (Å²) in [7, 11) is 0. The van der Waals surface area contributed by atoms with E-state index in [0.717, 1.165) is 11.5 Å². The molecule has 0 fully saturated rings. The van der Waals surface area contributed by atoms with Crippen LogP contribution in [0.15, 0.2) is 54.6 Å². The maximum absolute atomic E-state index is 12.3. The number of rotatable bonds is 8. The Morgan fingerprint density at radius 3 is 2.32 bits per heavy atom. The molecule has 0 bridgehead atoms. The first-order valence-electron chi connectivity index (χ1n) is 7.77. The number of benzene rings is 2. The summed E-state index contributed by atoms with van der Waals surface area (Å²) in [5, 5.41) is 5.24. The Morgan fingerprint density at radius 1 is 1.08 bits per heavy atom. The maximum atomic E-state index is 12.3. The smallest absolute Gasteiger partial charge is 0.312 e. The number of ether oxygens (including phenoxy) is 1. The number of carbonyl (C=O) groups is 2. The molecule has 25 heavy (non-hydrogen) atoms. The van der Waals surface area contributed by atoms with Crippen LogP contribution in [-0.2, 0) is 4.79 Å². The van der Waals surface area contributed by atoms with Crippen molar-refractivity contribution in [2.24, 2.45) is 5.73 Å². The minimum atomic E-state index is -0.715. The van der Waals surface area contributed by atoms with Gasteiger partial charge >= 0.3 is 6.03 Å². The summed E-state index contributed by atoms with van der Waals surface area (Å²) in [6, 6.07) is 15.1. The second kappa shape index (κ2) is 9.58. The molecule has 0 aromatic heterocycles. The van der Waals surface area contributed by atoms with E-state index < -0.39 is 12.1 Å². The Labute approximate surface area is 151 Å². The number of urea groups is 1. The number of anilines is 1. The zero-order valence-corrected chi connectivity index (χ0v) is 14.7. The van der Waals surface area contributed by atoms with Gasteiger partial charge in [0.15, 0.2) is 0 Å². The summed E-state index contributed by atoms with van der Waals surface area (Å²) in [6.45, 7) is 0. The van der Waals surface area contributed by atoms with Crippen molar-refractivity contribution in [2.75, 3.05) is 17.3 Å². The van der Waals surface area contributed by atoms with Crippen molar-refractivity contribution in [3.8, 4) is 11.5 Å². The second-order valence-electron chi connectivity index (χ2n) is 5.27. The zero-order valence-electron chi connectivity index (χ0n) is 13.9. The Morgan fingerprint density at radius 2 is 1.72 bits per heavy atom. The summed E-state index contributed by atoms with van der Waals surface area (Å²) in [5.41, 5.74) is 5.75. The molecule has 7 heteroatoms. The van der Waals surface area contributed by atoms with E-state index in [4.69, 9.17) is 10.5 Å². The van der Waals surface area contributed by atoms with Crippen LogP contribution in [0.4, 0.5) is 10.5 Å². The fourth-order valence-corrected chi connectivity index (χ4v) is 2.61. The number of hydrogen-bond donors (Lipinski definition) is 3. The lowest BCUT2D eigenvalue weighted by Crippen LogP contribution is -2.46. The molecule has 0 saturated carbocycles. The molecule has 0 radical (unpaired) electrons. The number of carbonyl (C=O) groups excluding carboxylic acids is 2. The predicted molar refractivity (Wildman–Crippen MR) is 101 cm³/mol. The minimum Gasteiger partial charge on any atom is -0.457 e. The van der Waals surface area contributed by atoms with Crippen LogP contribution in [0.3, 0.4) is 0 Å². The van der Waals surface area contributed by atoms with Crippen LogP contribution in [0, 0.1) is 0 Å². The minimum absolute atomic E-state index is 0.301. The molecular formula is C18H21N3O3S. The van der Waals surface area contributed by atoms with Gasteiger partial charge < -0.3 is 21.1 Å². The molecule has 1 atom stereocenters. The number of hydrogen-bond acceptors (Lipinski definition) is 4. The topological polar surface area (TPSA) is 93.5 Å². The van der Waals surface area contributed by atoms with Crippen LogP contribution in [0.5, 0.6) is 11.5 Å². The van der Waals surface area contributed by atoms with Crippen molar-refractivity contribution in [2.45, 2.75) is 12.5 Å². The molecule has 0 aliphatic carbocycles. The van der Waals surface area contributed by atoms with E-state index in [1.807, 2.05) is 36.6 Å². The van der Waals surface area contributed by atoms with Gasteiger partial charge in [0.25, 0.3) is 0 Å². The maximum Gasteiger partial charge on any atom is 0.312 e. The van der Waals surface area contributed by atoms with E-state index in [-0.39, 0.29) is 5.91 Å². The largest absolute Gasteiger partial charge is 0.457 e. The number of amides is 3. The summed E-state index contributed by atoms with van der Waals surface area (Å²) in [5.74, 6) is 1.84. The lowest BCUT2D eigenvalue weighted by atomic mass is 10.2. The van der Waals surface area contributed by atoms with Gasteiger partial charge in [0.05, 0.1) is 0 Å². The van der Waals surface area contributed by atoms with Crippen molar-refractivity contribution < 1.29 is 14.3 Å². The quantitative estimate of drug-likeness (QED) is 0.675. The van der Waals surface area contributed by atoms with Crippen molar-refractivity contribution in [3.63, 3.8) is 0 Å². The highest BCUT2D eigenvalue weighted by Crippen LogP contribution is 2.22. The Kier molecular flexibility index (Phi) is 7.16. The second-order valence-corrected chi connectivity index (χ2v) is 6.26. The van der Waals surface area contributed by atoms with Gasteiger partial charge in [0.1, 0.15) is 17.5 Å². The first-order chi connectivity index (χ1) is 12.1. The predicted octanol–water partition coefficient (Wildman–Crippen LogP) is 3.21. The number of nitrogens with two attached hydrogens (primary N) is 1. The van der Waals surface area contributed by atoms with Crippen LogP contribution in [0.1, 0.15) is 6.42 Å². The summed E-state index contributed by atoms with van der Waals surface area (Å²) in [6.07, 6.45) is 2.44. The molecule has 4 N–H and O–H groups in total. The van der Waals surface area contributed by atoms with E-state index in [2.05, 4.69) is 10.6 Å². The lowest BCUT2D eigenvalue weighted by molar-refractivity contribution is -0.117. The molecule has 0 spiro atoms. The van der Waals surface area contributed by atoms with Crippen molar-refractivity contribution >= 4 is 29.4 Å². The summed E-state index contributed by atoms with van der Waals surface area (Å²) in [4.78, 5) is 23.4. The molecule has 0 heterocycles. The zero-order chi connectivity index (χ0) is 18.1. The molecule has 6 nitrogen and oxygen atoms in total. The van der Waals surface area contributed by atoms with Gasteiger partial charge in [0, 0.05) is 5.69 Å². The Hall–Kier alpha value is -2.67. The molecule has 0 saturated heterocycles. The van der Waals surface area contributed by atoms with Crippen LogP contribution in [0.25, 0.3) is 0 Å². The number of primary amides is 1. The van der Waals surface area contributed by atoms with Gasteiger partial charge in [-0.15, -0.1) is 0 Å². The molecule has 0 aliphatic heterocycles. The van der Waals surface area contributed by atoms with Crippen LogP contribution < -0.4 is 21.1 Å². The van der Waals surface area contributed by atoms with E-state index in [1.165, 1.54) is 0 Å². The fourth-order valence-electron chi connectivity index (χ4n) is 2.14. The van der Waals surface area contributed by atoms with Crippen molar-refractivity contribution in [1.29, 1.82) is 0 Å².